The van der Waals surface area contributed by atoms with Gasteiger partial charge in [-0.15, -0.1) is 0 Å². The number of carbonyl (C=O) groups is 1. The smallest absolute Gasteiger partial charge is 0.341 e. The number of hydrogen-bond donors (Lipinski definition) is 0. The summed E-state index contributed by atoms with van der Waals surface area (Å²) < 4.78 is 21.8. The lowest BCUT2D eigenvalue weighted by Crippen LogP contribution is -2.05. The Hall–Kier alpha value is -2.36. The number of para-hydroxylation sites is 1. The average Bonchev–Trinajstić information content (AvgIpc) is 2.49. The predicted octanol–water partition coefficient (Wildman–Crippen LogP) is 3.70. The number of benzene rings is 2. The molecule has 2 rings (SSSR count). The van der Waals surface area contributed by atoms with Crippen molar-refractivity contribution in [3.63, 3.8) is 0 Å². The molecule has 0 amide bonds. The molecule has 106 valence electrons. The van der Waals surface area contributed by atoms with Crippen LogP contribution in [0, 0.1) is 5.82 Å². The van der Waals surface area contributed by atoms with Crippen molar-refractivity contribution in [2.45, 2.75) is 6.92 Å². The summed E-state index contributed by atoms with van der Waals surface area (Å²) in [5.74, 6) is 0.0170. The summed E-state index contributed by atoms with van der Waals surface area (Å²) in [6, 6.07) is 15.0. The predicted molar refractivity (Wildman–Crippen MR) is 75.4 cm³/mol. The maximum absolute atomic E-state index is 11.9. The Morgan fingerprint density at radius 3 is 2.15 bits per heavy atom. The minimum absolute atomic E-state index is 0.178. The third-order valence-corrected chi connectivity index (χ3v) is 2.33. The molecule has 0 radical (unpaired) electrons. The molecule has 0 N–H and O–H groups in total. The second kappa shape index (κ2) is 8.69. The largest absolute Gasteiger partial charge is 0.493 e. The topological polar surface area (TPSA) is 35.5 Å². The molecular weight excluding hydrogens is 259 g/mol. The van der Waals surface area contributed by atoms with Crippen LogP contribution in [0.2, 0.25) is 0 Å². The quantitative estimate of drug-likeness (QED) is 0.802. The van der Waals surface area contributed by atoms with Crippen LogP contribution in [0.25, 0.3) is 0 Å². The van der Waals surface area contributed by atoms with Gasteiger partial charge < -0.3 is 9.47 Å². The molecule has 2 aromatic carbocycles. The van der Waals surface area contributed by atoms with Crippen LogP contribution >= 0.6 is 0 Å². The molecule has 0 heterocycles. The van der Waals surface area contributed by atoms with Crippen molar-refractivity contribution in [2.75, 3.05) is 13.7 Å². The number of esters is 1. The second-order valence-electron chi connectivity index (χ2n) is 3.72. The SMILES string of the molecule is CCOc1ccccc1C(=O)OC.Fc1ccccc1. The van der Waals surface area contributed by atoms with Crippen molar-refractivity contribution in [3.8, 4) is 5.75 Å². The number of halogens is 1. The maximum Gasteiger partial charge on any atom is 0.341 e. The Kier molecular flexibility index (Phi) is 6.82. The van der Waals surface area contributed by atoms with Crippen LogP contribution in [0.4, 0.5) is 4.39 Å². The molecule has 0 aromatic heterocycles. The van der Waals surface area contributed by atoms with Gasteiger partial charge in [0.2, 0.25) is 0 Å². The summed E-state index contributed by atoms with van der Waals surface area (Å²) in [7, 11) is 1.35. The molecule has 3 nitrogen and oxygen atoms in total. The molecule has 4 heteroatoms. The lowest BCUT2D eigenvalue weighted by Gasteiger charge is -2.07. The molecule has 0 aliphatic rings. The summed E-state index contributed by atoms with van der Waals surface area (Å²) in [4.78, 5) is 11.2. The van der Waals surface area contributed by atoms with Gasteiger partial charge in [0, 0.05) is 0 Å². The zero-order chi connectivity index (χ0) is 14.8. The molecule has 20 heavy (non-hydrogen) atoms. The standard InChI is InChI=1S/C10H12O3.C6H5F/c1-3-13-9-7-5-4-6-8(9)10(11)12-2;7-6-4-2-1-3-5-6/h4-7H,3H2,1-2H3;1-5H. The van der Waals surface area contributed by atoms with E-state index < -0.39 is 0 Å². The van der Waals surface area contributed by atoms with Crippen molar-refractivity contribution >= 4 is 5.97 Å². The Labute approximate surface area is 118 Å². The van der Waals surface area contributed by atoms with E-state index in [2.05, 4.69) is 4.74 Å². The van der Waals surface area contributed by atoms with E-state index in [-0.39, 0.29) is 11.8 Å². The second-order valence-corrected chi connectivity index (χ2v) is 3.72. The van der Waals surface area contributed by atoms with E-state index in [1.54, 1.807) is 36.4 Å². The highest BCUT2D eigenvalue weighted by atomic mass is 19.1. The molecule has 0 aliphatic heterocycles. The normalized spacial score (nSPS) is 9.15. The van der Waals surface area contributed by atoms with Gasteiger partial charge in [-0.25, -0.2) is 9.18 Å². The van der Waals surface area contributed by atoms with Crippen LogP contribution in [0.15, 0.2) is 54.6 Å². The average molecular weight is 276 g/mol. The third kappa shape index (κ3) is 5.10. The first-order valence-corrected chi connectivity index (χ1v) is 6.19. The first kappa shape index (κ1) is 15.7. The monoisotopic (exact) mass is 276 g/mol. The maximum atomic E-state index is 11.9. The molecule has 0 spiro atoms. The van der Waals surface area contributed by atoms with E-state index in [4.69, 9.17) is 4.74 Å². The Bertz CT molecular complexity index is 526. The van der Waals surface area contributed by atoms with Gasteiger partial charge in [-0.05, 0) is 31.2 Å². The number of methoxy groups -OCH3 is 1. The zero-order valence-corrected chi connectivity index (χ0v) is 11.5. The van der Waals surface area contributed by atoms with E-state index in [1.165, 1.54) is 19.2 Å². The van der Waals surface area contributed by atoms with E-state index in [1.807, 2.05) is 13.0 Å². The van der Waals surface area contributed by atoms with E-state index in [0.29, 0.717) is 17.9 Å². The Balaban J connectivity index is 0.000000240. The molecular formula is C16H17FO3. The summed E-state index contributed by atoms with van der Waals surface area (Å²) in [5.41, 5.74) is 0.465. The van der Waals surface area contributed by atoms with Crippen LogP contribution in [-0.2, 0) is 4.74 Å². The molecule has 0 saturated heterocycles. The van der Waals surface area contributed by atoms with Crippen molar-refractivity contribution in [3.05, 3.63) is 66.0 Å². The van der Waals surface area contributed by atoms with E-state index in [9.17, 15) is 9.18 Å². The lowest BCUT2D eigenvalue weighted by molar-refractivity contribution is 0.0596. The summed E-state index contributed by atoms with van der Waals surface area (Å²) in [6.07, 6.45) is 0. The van der Waals surface area contributed by atoms with Crippen LogP contribution in [-0.4, -0.2) is 19.7 Å². The zero-order valence-electron chi connectivity index (χ0n) is 11.5. The van der Waals surface area contributed by atoms with Gasteiger partial charge in [0.05, 0.1) is 13.7 Å². The first-order valence-electron chi connectivity index (χ1n) is 6.19. The summed E-state index contributed by atoms with van der Waals surface area (Å²) in [5, 5.41) is 0. The highest BCUT2D eigenvalue weighted by Gasteiger charge is 2.10. The van der Waals surface area contributed by atoms with Crippen molar-refractivity contribution < 1.29 is 18.7 Å². The molecule has 0 aliphatic carbocycles. The Morgan fingerprint density at radius 1 is 1.05 bits per heavy atom. The molecule has 0 fully saturated rings. The minimum atomic E-state index is -0.371. The number of ether oxygens (including phenoxy) is 2. The van der Waals surface area contributed by atoms with Gasteiger partial charge in [0.15, 0.2) is 0 Å². The van der Waals surface area contributed by atoms with Crippen LogP contribution in [0.1, 0.15) is 17.3 Å². The van der Waals surface area contributed by atoms with Crippen LogP contribution < -0.4 is 4.74 Å². The van der Waals surface area contributed by atoms with Crippen molar-refractivity contribution in [1.82, 2.24) is 0 Å². The van der Waals surface area contributed by atoms with Gasteiger partial charge in [0.25, 0.3) is 0 Å². The summed E-state index contributed by atoms with van der Waals surface area (Å²) in [6.45, 7) is 2.40. The Morgan fingerprint density at radius 2 is 1.65 bits per heavy atom. The van der Waals surface area contributed by atoms with Gasteiger partial charge >= 0.3 is 5.97 Å². The molecule has 2 aromatic rings. The summed E-state index contributed by atoms with van der Waals surface area (Å²) >= 11 is 0. The van der Waals surface area contributed by atoms with Crippen molar-refractivity contribution in [2.24, 2.45) is 0 Å². The molecule has 0 saturated carbocycles. The molecule has 0 bridgehead atoms. The fraction of sp³-hybridized carbons (Fsp3) is 0.188. The fourth-order valence-electron chi connectivity index (χ4n) is 1.44. The third-order valence-electron chi connectivity index (χ3n) is 2.33. The first-order chi connectivity index (χ1) is 9.69. The highest BCUT2D eigenvalue weighted by molar-refractivity contribution is 5.92. The number of carbonyl (C=O) groups excluding carboxylic acids is 1. The van der Waals surface area contributed by atoms with E-state index in [0.717, 1.165) is 0 Å². The van der Waals surface area contributed by atoms with Gasteiger partial charge in [-0.3, -0.25) is 0 Å². The fourth-order valence-corrected chi connectivity index (χ4v) is 1.44. The van der Waals surface area contributed by atoms with Gasteiger partial charge in [-0.1, -0.05) is 30.3 Å². The van der Waals surface area contributed by atoms with Crippen molar-refractivity contribution in [1.29, 1.82) is 0 Å². The van der Waals surface area contributed by atoms with Crippen LogP contribution in [0.3, 0.4) is 0 Å². The number of hydrogen-bond acceptors (Lipinski definition) is 3. The molecule has 0 unspecified atom stereocenters. The van der Waals surface area contributed by atoms with E-state index >= 15 is 0 Å². The number of rotatable bonds is 3. The molecule has 0 atom stereocenters. The lowest BCUT2D eigenvalue weighted by atomic mass is 10.2. The minimum Gasteiger partial charge on any atom is -0.493 e. The van der Waals surface area contributed by atoms with Gasteiger partial charge in [-0.2, -0.15) is 0 Å². The highest BCUT2D eigenvalue weighted by Crippen LogP contribution is 2.18. The van der Waals surface area contributed by atoms with Gasteiger partial charge in [0.1, 0.15) is 17.1 Å². The van der Waals surface area contributed by atoms with Crippen LogP contribution in [0.5, 0.6) is 5.75 Å².